The van der Waals surface area contributed by atoms with Crippen LogP contribution in [0.4, 0.5) is 0 Å². The third-order valence-corrected chi connectivity index (χ3v) is 1.79. The van der Waals surface area contributed by atoms with Crippen LogP contribution >= 0.6 is 0 Å². The zero-order valence-corrected chi connectivity index (χ0v) is 6.37. The number of hydrogen-bond donors (Lipinski definition) is 1. The van der Waals surface area contributed by atoms with Crippen LogP contribution in [-0.4, -0.2) is 18.2 Å². The minimum absolute atomic E-state index is 0. The van der Waals surface area contributed by atoms with E-state index >= 15 is 0 Å². The first-order valence-electron chi connectivity index (χ1n) is 1.91. The zero-order chi connectivity index (χ0) is 6.08. The second-order valence-electron chi connectivity index (χ2n) is 1.56. The van der Waals surface area contributed by atoms with Gasteiger partial charge in [0.2, 0.25) is 0 Å². The molecule has 0 aliphatic rings. The summed E-state index contributed by atoms with van der Waals surface area (Å²) in [5.41, 5.74) is 0. The predicted molar refractivity (Wildman–Crippen MR) is 26.7 cm³/mol. The molecule has 0 rings (SSSR count). The maximum Gasteiger partial charge on any atom is 0.267 e. The van der Waals surface area contributed by atoms with Crippen molar-refractivity contribution in [2.45, 2.75) is 19.1 Å². The van der Waals surface area contributed by atoms with Gasteiger partial charge in [0.1, 0.15) is 0 Å². The second kappa shape index (κ2) is 3.43. The molecule has 0 spiro atoms. The fourth-order valence-corrected chi connectivity index (χ4v) is 0. The Morgan fingerprint density at radius 1 is 1.38 bits per heavy atom. The van der Waals surface area contributed by atoms with Crippen LogP contribution in [0, 0.1) is 0 Å². The summed E-state index contributed by atoms with van der Waals surface area (Å²) in [6.45, 7) is 2.82. The molecule has 0 aliphatic carbocycles. The minimum Gasteiger partial charge on any atom is -0.285 e. The summed E-state index contributed by atoms with van der Waals surface area (Å²) in [7, 11) is -3.74. The van der Waals surface area contributed by atoms with Crippen molar-refractivity contribution in [3.05, 3.63) is 0 Å². The normalized spacial score (nSPS) is 11.0. The standard InChI is InChI=1S/C3H8O3S.Ni/c1-3(2)7(4,5)6;/h3H,1-2H3,(H,4,5,6);. The van der Waals surface area contributed by atoms with Crippen LogP contribution in [-0.2, 0) is 26.6 Å². The van der Waals surface area contributed by atoms with Crippen molar-refractivity contribution < 1.29 is 29.5 Å². The maximum absolute atomic E-state index is 9.89. The SMILES string of the molecule is CC(C)S(=O)(=O)O.[Ni]. The largest absolute Gasteiger partial charge is 0.285 e. The van der Waals surface area contributed by atoms with Crippen molar-refractivity contribution in [1.29, 1.82) is 0 Å². The van der Waals surface area contributed by atoms with E-state index in [1.54, 1.807) is 0 Å². The summed E-state index contributed by atoms with van der Waals surface area (Å²) >= 11 is 0. The Kier molecular flexibility index (Phi) is 4.82. The Hall–Kier alpha value is 0.404. The third kappa shape index (κ3) is 4.56. The Balaban J connectivity index is 0. The molecule has 3 nitrogen and oxygen atoms in total. The molecule has 5 heteroatoms. The predicted octanol–water partition coefficient (Wildman–Crippen LogP) is 0.280. The molecule has 0 heterocycles. The molecule has 54 valence electrons. The molecule has 0 atom stereocenters. The molecule has 0 aromatic heterocycles. The van der Waals surface area contributed by atoms with Crippen molar-refractivity contribution in [1.82, 2.24) is 0 Å². The van der Waals surface area contributed by atoms with E-state index in [4.69, 9.17) is 4.55 Å². The molecule has 0 bridgehead atoms. The number of rotatable bonds is 1. The molecule has 8 heavy (non-hydrogen) atoms. The van der Waals surface area contributed by atoms with Gasteiger partial charge in [-0.05, 0) is 13.8 Å². The van der Waals surface area contributed by atoms with E-state index in [0.29, 0.717) is 0 Å². The van der Waals surface area contributed by atoms with Gasteiger partial charge in [-0.25, -0.2) is 0 Å². The molecule has 0 amide bonds. The molecule has 0 aromatic rings. The molecule has 0 aromatic carbocycles. The van der Waals surface area contributed by atoms with Crippen LogP contribution in [0.3, 0.4) is 0 Å². The Labute approximate surface area is 59.1 Å². The Morgan fingerprint density at radius 3 is 1.50 bits per heavy atom. The van der Waals surface area contributed by atoms with Gasteiger partial charge in [-0.15, -0.1) is 0 Å². The maximum atomic E-state index is 9.89. The average molecular weight is 183 g/mol. The summed E-state index contributed by atoms with van der Waals surface area (Å²) in [4.78, 5) is 0. The van der Waals surface area contributed by atoms with E-state index in [2.05, 4.69) is 0 Å². The van der Waals surface area contributed by atoms with E-state index in [0.717, 1.165) is 0 Å². The summed E-state index contributed by atoms with van der Waals surface area (Å²) in [6.07, 6.45) is 0. The molecule has 0 saturated heterocycles. The third-order valence-electron chi connectivity index (χ3n) is 0.596. The van der Waals surface area contributed by atoms with Crippen molar-refractivity contribution in [3.63, 3.8) is 0 Å². The second-order valence-corrected chi connectivity index (χ2v) is 3.54. The van der Waals surface area contributed by atoms with E-state index in [1.807, 2.05) is 0 Å². The van der Waals surface area contributed by atoms with E-state index in [9.17, 15) is 8.42 Å². The van der Waals surface area contributed by atoms with Gasteiger partial charge in [0.25, 0.3) is 10.1 Å². The van der Waals surface area contributed by atoms with Gasteiger partial charge in [0.05, 0.1) is 5.25 Å². The first-order chi connectivity index (χ1) is 2.94. The molecule has 0 aliphatic heterocycles. The summed E-state index contributed by atoms with van der Waals surface area (Å²) in [6, 6.07) is 0. The van der Waals surface area contributed by atoms with Crippen molar-refractivity contribution in [2.24, 2.45) is 0 Å². The van der Waals surface area contributed by atoms with Crippen LogP contribution in [0.5, 0.6) is 0 Å². The molecule has 0 saturated carbocycles. The smallest absolute Gasteiger partial charge is 0.267 e. The summed E-state index contributed by atoms with van der Waals surface area (Å²) < 4.78 is 27.8. The Bertz CT molecular complexity index is 137. The van der Waals surface area contributed by atoms with Gasteiger partial charge in [-0.3, -0.25) is 4.55 Å². The zero-order valence-electron chi connectivity index (χ0n) is 4.57. The van der Waals surface area contributed by atoms with Crippen LogP contribution in [0.2, 0.25) is 0 Å². The van der Waals surface area contributed by atoms with Crippen molar-refractivity contribution in [2.75, 3.05) is 0 Å². The Morgan fingerprint density at radius 2 is 1.50 bits per heavy atom. The van der Waals surface area contributed by atoms with Gasteiger partial charge in [-0.2, -0.15) is 8.42 Å². The molecule has 0 radical (unpaired) electrons. The van der Waals surface area contributed by atoms with Crippen LogP contribution in [0.1, 0.15) is 13.8 Å². The van der Waals surface area contributed by atoms with E-state index < -0.39 is 15.4 Å². The van der Waals surface area contributed by atoms with E-state index in [1.165, 1.54) is 13.8 Å². The van der Waals surface area contributed by atoms with E-state index in [-0.39, 0.29) is 16.5 Å². The summed E-state index contributed by atoms with van der Waals surface area (Å²) in [5.74, 6) is 0. The van der Waals surface area contributed by atoms with Gasteiger partial charge in [0, 0.05) is 16.5 Å². The van der Waals surface area contributed by atoms with Crippen LogP contribution < -0.4 is 0 Å². The number of hydrogen-bond acceptors (Lipinski definition) is 2. The van der Waals surface area contributed by atoms with Gasteiger partial charge < -0.3 is 0 Å². The fraction of sp³-hybridized carbons (Fsp3) is 1.00. The first-order valence-corrected chi connectivity index (χ1v) is 3.41. The van der Waals surface area contributed by atoms with Gasteiger partial charge >= 0.3 is 0 Å². The van der Waals surface area contributed by atoms with Crippen molar-refractivity contribution in [3.8, 4) is 0 Å². The summed E-state index contributed by atoms with van der Waals surface area (Å²) in [5, 5.41) is -0.674. The van der Waals surface area contributed by atoms with Crippen LogP contribution in [0.25, 0.3) is 0 Å². The molecule has 0 fully saturated rings. The molecular formula is C3H8NiO3S. The molecular weight excluding hydrogens is 175 g/mol. The monoisotopic (exact) mass is 182 g/mol. The molecule has 0 unspecified atom stereocenters. The quantitative estimate of drug-likeness (QED) is 0.469. The fourth-order valence-electron chi connectivity index (χ4n) is 0. The average Bonchev–Trinajstić information content (AvgIpc) is 1.31. The molecule has 1 N–H and O–H groups in total. The van der Waals surface area contributed by atoms with Crippen molar-refractivity contribution >= 4 is 10.1 Å². The minimum atomic E-state index is -3.74. The topological polar surface area (TPSA) is 54.4 Å². The van der Waals surface area contributed by atoms with Gasteiger partial charge in [0.15, 0.2) is 0 Å². The van der Waals surface area contributed by atoms with Crippen LogP contribution in [0.15, 0.2) is 0 Å². The van der Waals surface area contributed by atoms with Gasteiger partial charge in [-0.1, -0.05) is 0 Å². The first kappa shape index (κ1) is 11.2.